The largest absolute Gasteiger partial charge is 0.464 e. The molecule has 0 amide bonds. The molecule has 0 saturated carbocycles. The summed E-state index contributed by atoms with van der Waals surface area (Å²) in [5.74, 6) is 0. The number of hydrogen-bond donors (Lipinski definition) is 1. The van der Waals surface area contributed by atoms with Crippen LogP contribution in [0.3, 0.4) is 0 Å². The Morgan fingerprint density at radius 3 is 3.00 bits per heavy atom. The van der Waals surface area contributed by atoms with E-state index in [9.17, 15) is 0 Å². The molecule has 4 nitrogen and oxygen atoms in total. The second-order valence-electron chi connectivity index (χ2n) is 4.38. The van der Waals surface area contributed by atoms with Crippen LogP contribution >= 0.6 is 0 Å². The molecule has 0 bridgehead atoms. The number of rotatable bonds is 4. The maximum Gasteiger partial charge on any atom is 0.134 e. The van der Waals surface area contributed by atoms with Gasteiger partial charge in [-0.3, -0.25) is 4.68 Å². The van der Waals surface area contributed by atoms with Crippen LogP contribution in [0.2, 0.25) is 0 Å². The molecule has 0 unspecified atom stereocenters. The summed E-state index contributed by atoms with van der Waals surface area (Å²) in [6, 6.07) is 8.08. The van der Waals surface area contributed by atoms with Crippen molar-refractivity contribution in [3.8, 4) is 0 Å². The van der Waals surface area contributed by atoms with Gasteiger partial charge in [-0.05, 0) is 6.07 Å². The lowest BCUT2D eigenvalue weighted by atomic mass is 10.2. The Morgan fingerprint density at radius 1 is 1.28 bits per heavy atom. The number of benzene rings is 1. The van der Waals surface area contributed by atoms with E-state index in [0.717, 1.165) is 18.7 Å². The van der Waals surface area contributed by atoms with Gasteiger partial charge < -0.3 is 9.73 Å². The molecule has 2 heterocycles. The van der Waals surface area contributed by atoms with Gasteiger partial charge in [-0.1, -0.05) is 18.2 Å². The summed E-state index contributed by atoms with van der Waals surface area (Å²) in [4.78, 5) is 0. The quantitative estimate of drug-likeness (QED) is 0.763. The number of aryl methyl sites for hydroxylation is 1. The lowest BCUT2D eigenvalue weighted by Gasteiger charge is -2.00. The van der Waals surface area contributed by atoms with Gasteiger partial charge in [0.2, 0.25) is 0 Å². The number of para-hydroxylation sites is 1. The zero-order valence-electron chi connectivity index (χ0n) is 10.3. The van der Waals surface area contributed by atoms with Crippen LogP contribution in [-0.4, -0.2) is 9.78 Å². The molecular formula is C14H15N3O. The average molecular weight is 241 g/mol. The van der Waals surface area contributed by atoms with Crippen molar-refractivity contribution in [3.05, 3.63) is 54.0 Å². The first-order chi connectivity index (χ1) is 8.83. The van der Waals surface area contributed by atoms with Gasteiger partial charge in [-0.2, -0.15) is 5.10 Å². The Balaban J connectivity index is 1.66. The highest BCUT2D eigenvalue weighted by Gasteiger charge is 2.04. The second kappa shape index (κ2) is 4.66. The topological polar surface area (TPSA) is 43.0 Å². The molecule has 0 aliphatic heterocycles. The predicted octanol–water partition coefficient (Wildman–Crippen LogP) is 2.46. The van der Waals surface area contributed by atoms with E-state index in [1.807, 2.05) is 48.6 Å². The van der Waals surface area contributed by atoms with Crippen LogP contribution in [0.25, 0.3) is 11.0 Å². The zero-order valence-corrected chi connectivity index (χ0v) is 10.3. The highest BCUT2D eigenvalue weighted by atomic mass is 16.3. The third-order valence-electron chi connectivity index (χ3n) is 2.96. The van der Waals surface area contributed by atoms with E-state index in [1.54, 1.807) is 0 Å². The van der Waals surface area contributed by atoms with Crippen molar-refractivity contribution >= 4 is 11.0 Å². The van der Waals surface area contributed by atoms with Gasteiger partial charge in [0.15, 0.2) is 0 Å². The molecule has 18 heavy (non-hydrogen) atoms. The lowest BCUT2D eigenvalue weighted by Crippen LogP contribution is -2.11. The minimum Gasteiger partial charge on any atom is -0.464 e. The highest BCUT2D eigenvalue weighted by Crippen LogP contribution is 2.20. The van der Waals surface area contributed by atoms with Crippen LogP contribution in [0.1, 0.15) is 11.1 Å². The standard InChI is InChI=1S/C14H15N3O/c1-17-9-11(7-16-17)6-15-8-12-10-18-14-5-3-2-4-13(12)14/h2-5,7,9-10,15H,6,8H2,1H3. The molecule has 0 spiro atoms. The van der Waals surface area contributed by atoms with Crippen molar-refractivity contribution in [3.63, 3.8) is 0 Å². The third kappa shape index (κ3) is 2.15. The molecule has 0 aliphatic carbocycles. The summed E-state index contributed by atoms with van der Waals surface area (Å²) in [6.07, 6.45) is 5.71. The summed E-state index contributed by atoms with van der Waals surface area (Å²) >= 11 is 0. The van der Waals surface area contributed by atoms with E-state index in [-0.39, 0.29) is 0 Å². The van der Waals surface area contributed by atoms with Gasteiger partial charge in [0.25, 0.3) is 0 Å². The maximum absolute atomic E-state index is 5.50. The minimum atomic E-state index is 0.798. The zero-order chi connectivity index (χ0) is 12.4. The van der Waals surface area contributed by atoms with Crippen LogP contribution in [0.4, 0.5) is 0 Å². The van der Waals surface area contributed by atoms with Crippen molar-refractivity contribution in [1.29, 1.82) is 0 Å². The lowest BCUT2D eigenvalue weighted by molar-refractivity contribution is 0.602. The highest BCUT2D eigenvalue weighted by molar-refractivity contribution is 5.80. The first-order valence-electron chi connectivity index (χ1n) is 5.96. The summed E-state index contributed by atoms with van der Waals surface area (Å²) in [7, 11) is 1.92. The van der Waals surface area contributed by atoms with E-state index in [4.69, 9.17) is 4.42 Å². The van der Waals surface area contributed by atoms with Crippen LogP contribution in [0.5, 0.6) is 0 Å². The molecule has 4 heteroatoms. The number of nitrogens with one attached hydrogen (secondary N) is 1. The number of fused-ring (bicyclic) bond motifs is 1. The molecule has 92 valence electrons. The predicted molar refractivity (Wildman–Crippen MR) is 70.0 cm³/mol. The normalized spacial score (nSPS) is 11.2. The average Bonchev–Trinajstić information content (AvgIpc) is 2.97. The smallest absolute Gasteiger partial charge is 0.134 e. The maximum atomic E-state index is 5.50. The van der Waals surface area contributed by atoms with Crippen LogP contribution in [0.15, 0.2) is 47.3 Å². The van der Waals surface area contributed by atoms with Gasteiger partial charge in [0.1, 0.15) is 5.58 Å². The minimum absolute atomic E-state index is 0.798. The number of aromatic nitrogens is 2. The molecule has 3 rings (SSSR count). The summed E-state index contributed by atoms with van der Waals surface area (Å²) < 4.78 is 7.31. The molecular weight excluding hydrogens is 226 g/mol. The molecule has 1 N–H and O–H groups in total. The van der Waals surface area contributed by atoms with Gasteiger partial charge >= 0.3 is 0 Å². The van der Waals surface area contributed by atoms with Crippen molar-refractivity contribution < 1.29 is 4.42 Å². The molecule has 1 aromatic carbocycles. The summed E-state index contributed by atoms with van der Waals surface area (Å²) in [6.45, 7) is 1.61. The van der Waals surface area contributed by atoms with Crippen LogP contribution in [-0.2, 0) is 20.1 Å². The molecule has 2 aromatic heterocycles. The van der Waals surface area contributed by atoms with Crippen LogP contribution in [0, 0.1) is 0 Å². The fourth-order valence-electron chi connectivity index (χ4n) is 2.07. The fourth-order valence-corrected chi connectivity index (χ4v) is 2.07. The summed E-state index contributed by atoms with van der Waals surface area (Å²) in [5, 5.41) is 8.71. The molecule has 0 radical (unpaired) electrons. The van der Waals surface area contributed by atoms with Crippen molar-refractivity contribution in [2.75, 3.05) is 0 Å². The molecule has 0 aliphatic rings. The van der Waals surface area contributed by atoms with Gasteiger partial charge in [0, 0.05) is 42.8 Å². The van der Waals surface area contributed by atoms with Gasteiger partial charge in [0.05, 0.1) is 12.5 Å². The Bertz CT molecular complexity index is 654. The van der Waals surface area contributed by atoms with E-state index in [2.05, 4.69) is 16.5 Å². The van der Waals surface area contributed by atoms with E-state index < -0.39 is 0 Å². The molecule has 3 aromatic rings. The van der Waals surface area contributed by atoms with Crippen molar-refractivity contribution in [2.24, 2.45) is 7.05 Å². The van der Waals surface area contributed by atoms with Crippen LogP contribution < -0.4 is 5.32 Å². The first-order valence-corrected chi connectivity index (χ1v) is 5.96. The first kappa shape index (κ1) is 11.0. The van der Waals surface area contributed by atoms with Crippen molar-refractivity contribution in [1.82, 2.24) is 15.1 Å². The number of nitrogens with zero attached hydrogens (tertiary/aromatic N) is 2. The molecule has 0 fully saturated rings. The van der Waals surface area contributed by atoms with E-state index in [1.165, 1.54) is 16.5 Å². The number of hydrogen-bond acceptors (Lipinski definition) is 3. The summed E-state index contributed by atoms with van der Waals surface area (Å²) in [5.41, 5.74) is 3.32. The Kier molecular flexibility index (Phi) is 2.86. The second-order valence-corrected chi connectivity index (χ2v) is 4.38. The number of furan rings is 1. The SMILES string of the molecule is Cn1cc(CNCc2coc3ccccc23)cn1. The monoisotopic (exact) mass is 241 g/mol. The Hall–Kier alpha value is -2.07. The Labute approximate surface area is 105 Å². The van der Waals surface area contributed by atoms with E-state index >= 15 is 0 Å². The fraction of sp³-hybridized carbons (Fsp3) is 0.214. The van der Waals surface area contributed by atoms with E-state index in [0.29, 0.717) is 0 Å². The molecule has 0 atom stereocenters. The molecule has 0 saturated heterocycles. The van der Waals surface area contributed by atoms with Gasteiger partial charge in [-0.15, -0.1) is 0 Å². The van der Waals surface area contributed by atoms with Crippen molar-refractivity contribution in [2.45, 2.75) is 13.1 Å². The third-order valence-corrected chi connectivity index (χ3v) is 2.96. The Morgan fingerprint density at radius 2 is 2.17 bits per heavy atom. The van der Waals surface area contributed by atoms with Gasteiger partial charge in [-0.25, -0.2) is 0 Å².